The van der Waals surface area contributed by atoms with E-state index in [1.807, 2.05) is 0 Å². The molecule has 4 nitrogen and oxygen atoms in total. The highest BCUT2D eigenvalue weighted by Crippen LogP contribution is 2.21. The van der Waals surface area contributed by atoms with E-state index < -0.39 is 6.30 Å². The SMILES string of the molecule is FC(F)(F)n1ccc(CN2CCNCC2)n1. The van der Waals surface area contributed by atoms with Crippen LogP contribution in [0.25, 0.3) is 0 Å². The van der Waals surface area contributed by atoms with Crippen molar-refractivity contribution in [3.63, 3.8) is 0 Å². The minimum absolute atomic E-state index is 0.0462. The molecule has 90 valence electrons. The molecule has 0 spiro atoms. The lowest BCUT2D eigenvalue weighted by Gasteiger charge is -2.26. The number of hydrogen-bond acceptors (Lipinski definition) is 3. The van der Waals surface area contributed by atoms with Crippen LogP contribution in [0.5, 0.6) is 0 Å². The summed E-state index contributed by atoms with van der Waals surface area (Å²) in [5.74, 6) is 0. The second-order valence-electron chi connectivity index (χ2n) is 3.75. The normalized spacial score (nSPS) is 18.9. The molecule has 0 amide bonds. The van der Waals surface area contributed by atoms with Crippen LogP contribution in [0, 0.1) is 0 Å². The van der Waals surface area contributed by atoms with E-state index in [1.165, 1.54) is 6.07 Å². The lowest BCUT2D eigenvalue weighted by molar-refractivity contribution is -0.212. The maximum absolute atomic E-state index is 12.3. The lowest BCUT2D eigenvalue weighted by Crippen LogP contribution is -2.43. The standard InChI is InChI=1S/C9H13F3N4/c10-9(11,12)16-4-1-8(14-16)7-15-5-2-13-3-6-15/h1,4,13H,2-3,5-7H2. The molecule has 1 aliphatic rings. The van der Waals surface area contributed by atoms with Crippen LogP contribution in [0.15, 0.2) is 12.3 Å². The van der Waals surface area contributed by atoms with E-state index in [2.05, 4.69) is 15.3 Å². The number of piperazine rings is 1. The Hall–Kier alpha value is -1.08. The summed E-state index contributed by atoms with van der Waals surface area (Å²) in [5.41, 5.74) is 0.458. The van der Waals surface area contributed by atoms with Gasteiger partial charge in [-0.1, -0.05) is 0 Å². The summed E-state index contributed by atoms with van der Waals surface area (Å²) in [6.45, 7) is 3.92. The quantitative estimate of drug-likeness (QED) is 0.820. The molecule has 1 fully saturated rings. The molecule has 1 aliphatic heterocycles. The van der Waals surface area contributed by atoms with Gasteiger partial charge in [-0.25, -0.2) is 0 Å². The molecular weight excluding hydrogens is 221 g/mol. The summed E-state index contributed by atoms with van der Waals surface area (Å²) in [5, 5.41) is 6.69. The van der Waals surface area contributed by atoms with Gasteiger partial charge >= 0.3 is 6.30 Å². The summed E-state index contributed by atoms with van der Waals surface area (Å²) < 4.78 is 36.8. The first-order valence-corrected chi connectivity index (χ1v) is 5.10. The zero-order valence-electron chi connectivity index (χ0n) is 8.67. The Morgan fingerprint density at radius 3 is 2.56 bits per heavy atom. The van der Waals surface area contributed by atoms with Crippen LogP contribution in [0.1, 0.15) is 5.69 Å². The Labute approximate surface area is 91.0 Å². The van der Waals surface area contributed by atoms with Crippen molar-refractivity contribution in [3.05, 3.63) is 18.0 Å². The molecule has 0 atom stereocenters. The molecule has 0 bridgehead atoms. The molecule has 16 heavy (non-hydrogen) atoms. The highest BCUT2D eigenvalue weighted by Gasteiger charge is 2.31. The van der Waals surface area contributed by atoms with Gasteiger partial charge in [0.15, 0.2) is 0 Å². The molecule has 0 aromatic carbocycles. The number of nitrogens with one attached hydrogen (secondary N) is 1. The Morgan fingerprint density at radius 2 is 2.00 bits per heavy atom. The summed E-state index contributed by atoms with van der Waals surface area (Å²) in [7, 11) is 0. The average Bonchev–Trinajstić information content (AvgIpc) is 2.67. The van der Waals surface area contributed by atoms with Crippen LogP contribution in [0.4, 0.5) is 13.2 Å². The predicted octanol–water partition coefficient (Wildman–Crippen LogP) is 0.765. The van der Waals surface area contributed by atoms with Crippen molar-refractivity contribution in [2.24, 2.45) is 0 Å². The second-order valence-corrected chi connectivity index (χ2v) is 3.75. The molecule has 0 radical (unpaired) electrons. The predicted molar refractivity (Wildman–Crippen MR) is 51.7 cm³/mol. The molecule has 7 heteroatoms. The van der Waals surface area contributed by atoms with Gasteiger partial charge in [0.25, 0.3) is 0 Å². The Bertz CT molecular complexity index is 341. The third-order valence-electron chi connectivity index (χ3n) is 2.50. The number of alkyl halides is 3. The third-order valence-corrected chi connectivity index (χ3v) is 2.50. The van der Waals surface area contributed by atoms with Crippen LogP contribution in [-0.2, 0) is 12.8 Å². The maximum atomic E-state index is 12.3. The van der Waals surface area contributed by atoms with Crippen LogP contribution < -0.4 is 5.32 Å². The van der Waals surface area contributed by atoms with Crippen LogP contribution in [-0.4, -0.2) is 40.9 Å². The zero-order valence-corrected chi connectivity index (χ0v) is 8.67. The number of rotatable bonds is 2. The van der Waals surface area contributed by atoms with E-state index in [9.17, 15) is 13.2 Å². The first-order chi connectivity index (χ1) is 7.55. The molecule has 1 N–H and O–H groups in total. The molecule has 0 aliphatic carbocycles. The van der Waals surface area contributed by atoms with Crippen LogP contribution >= 0.6 is 0 Å². The van der Waals surface area contributed by atoms with Gasteiger partial charge in [0.2, 0.25) is 0 Å². The smallest absolute Gasteiger partial charge is 0.314 e. The molecule has 1 aromatic rings. The van der Waals surface area contributed by atoms with E-state index in [-0.39, 0.29) is 4.68 Å². The molecule has 0 saturated carbocycles. The fourth-order valence-electron chi connectivity index (χ4n) is 1.69. The monoisotopic (exact) mass is 234 g/mol. The van der Waals surface area contributed by atoms with Gasteiger partial charge in [0.05, 0.1) is 5.69 Å². The van der Waals surface area contributed by atoms with E-state index in [4.69, 9.17) is 0 Å². The molecule has 2 rings (SSSR count). The molecule has 1 saturated heterocycles. The van der Waals surface area contributed by atoms with Gasteiger partial charge in [-0.3, -0.25) is 4.90 Å². The van der Waals surface area contributed by atoms with Crippen LogP contribution in [0.3, 0.4) is 0 Å². The summed E-state index contributed by atoms with van der Waals surface area (Å²) >= 11 is 0. The first-order valence-electron chi connectivity index (χ1n) is 5.10. The highest BCUT2D eigenvalue weighted by atomic mass is 19.4. The fourth-order valence-corrected chi connectivity index (χ4v) is 1.69. The van der Waals surface area contributed by atoms with Gasteiger partial charge < -0.3 is 5.32 Å². The number of aromatic nitrogens is 2. The van der Waals surface area contributed by atoms with Crippen molar-refractivity contribution in [2.75, 3.05) is 26.2 Å². The minimum Gasteiger partial charge on any atom is -0.314 e. The van der Waals surface area contributed by atoms with Crippen molar-refractivity contribution in [1.29, 1.82) is 0 Å². The highest BCUT2D eigenvalue weighted by molar-refractivity contribution is 4.99. The number of nitrogens with zero attached hydrogens (tertiary/aromatic N) is 3. The van der Waals surface area contributed by atoms with Gasteiger partial charge in [0.1, 0.15) is 0 Å². The van der Waals surface area contributed by atoms with Crippen molar-refractivity contribution < 1.29 is 13.2 Å². The third kappa shape index (κ3) is 2.73. The number of hydrogen-bond donors (Lipinski definition) is 1. The van der Waals surface area contributed by atoms with Crippen molar-refractivity contribution in [2.45, 2.75) is 12.8 Å². The Balaban J connectivity index is 1.97. The minimum atomic E-state index is -4.41. The molecule has 0 unspecified atom stereocenters. The Kier molecular flexibility index (Phi) is 3.15. The van der Waals surface area contributed by atoms with E-state index in [0.717, 1.165) is 32.4 Å². The maximum Gasteiger partial charge on any atom is 0.504 e. The topological polar surface area (TPSA) is 33.1 Å². The van der Waals surface area contributed by atoms with E-state index >= 15 is 0 Å². The summed E-state index contributed by atoms with van der Waals surface area (Å²) in [6.07, 6.45) is -3.46. The molecule has 2 heterocycles. The van der Waals surface area contributed by atoms with Gasteiger partial charge in [-0.15, -0.1) is 13.2 Å². The molecule has 1 aromatic heterocycles. The first kappa shape index (κ1) is 11.4. The zero-order chi connectivity index (χ0) is 11.6. The lowest BCUT2D eigenvalue weighted by atomic mass is 10.3. The van der Waals surface area contributed by atoms with Gasteiger partial charge in [-0.2, -0.15) is 9.78 Å². The largest absolute Gasteiger partial charge is 0.504 e. The van der Waals surface area contributed by atoms with Crippen LogP contribution in [0.2, 0.25) is 0 Å². The fraction of sp³-hybridized carbons (Fsp3) is 0.667. The van der Waals surface area contributed by atoms with Gasteiger partial charge in [0, 0.05) is 38.9 Å². The number of halogens is 3. The van der Waals surface area contributed by atoms with Gasteiger partial charge in [-0.05, 0) is 6.07 Å². The average molecular weight is 234 g/mol. The van der Waals surface area contributed by atoms with Crippen molar-refractivity contribution in [1.82, 2.24) is 20.0 Å². The summed E-state index contributed by atoms with van der Waals surface area (Å²) in [6, 6.07) is 1.41. The van der Waals surface area contributed by atoms with E-state index in [0.29, 0.717) is 12.2 Å². The van der Waals surface area contributed by atoms with Crippen molar-refractivity contribution >= 4 is 0 Å². The Morgan fingerprint density at radius 1 is 1.31 bits per heavy atom. The van der Waals surface area contributed by atoms with E-state index in [1.54, 1.807) is 0 Å². The second kappa shape index (κ2) is 4.42. The molecular formula is C9H13F3N4. The van der Waals surface area contributed by atoms with Crippen molar-refractivity contribution in [3.8, 4) is 0 Å². The summed E-state index contributed by atoms with van der Waals surface area (Å²) in [4.78, 5) is 2.08.